The molecule has 1 rings (SSSR count). The van der Waals surface area contributed by atoms with E-state index in [2.05, 4.69) is 20.8 Å². The predicted molar refractivity (Wildman–Crippen MR) is 83.0 cm³/mol. The van der Waals surface area contributed by atoms with Gasteiger partial charge < -0.3 is 15.1 Å². The molecule has 7 nitrogen and oxygen atoms in total. The highest BCUT2D eigenvalue weighted by atomic mass is 79.9. The normalized spacial score (nSPS) is 19.7. The summed E-state index contributed by atoms with van der Waals surface area (Å²) in [5.41, 5.74) is 0. The molecule has 0 amide bonds. The lowest BCUT2D eigenvalue weighted by Crippen LogP contribution is -2.40. The van der Waals surface area contributed by atoms with Crippen molar-refractivity contribution in [3.63, 3.8) is 0 Å². The summed E-state index contributed by atoms with van der Waals surface area (Å²) in [6.07, 6.45) is 1.03. The highest BCUT2D eigenvalue weighted by molar-refractivity contribution is 9.09. The van der Waals surface area contributed by atoms with Crippen LogP contribution in [0.15, 0.2) is 0 Å². The Morgan fingerprint density at radius 3 is 1.52 bits per heavy atom. The summed E-state index contributed by atoms with van der Waals surface area (Å²) in [6.45, 7) is 5.18. The van der Waals surface area contributed by atoms with Crippen molar-refractivity contribution in [1.82, 2.24) is 14.7 Å². The van der Waals surface area contributed by atoms with Crippen LogP contribution in [0.25, 0.3) is 0 Å². The second kappa shape index (κ2) is 10.1. The Morgan fingerprint density at radius 2 is 1.19 bits per heavy atom. The molecule has 122 valence electrons. The first kappa shape index (κ1) is 18.3. The summed E-state index contributed by atoms with van der Waals surface area (Å²) >= 11 is 3.41. The molecular formula is C13H24BrN3O4. The fraction of sp³-hybridized carbons (Fsp3) is 0.846. The molecule has 0 saturated carbocycles. The minimum Gasteiger partial charge on any atom is -0.480 e. The molecule has 0 aromatic carbocycles. The highest BCUT2D eigenvalue weighted by Crippen LogP contribution is 2.02. The molecule has 0 aromatic rings. The van der Waals surface area contributed by atoms with Crippen LogP contribution in [-0.4, -0.2) is 101 Å². The predicted octanol–water partition coefficient (Wildman–Crippen LogP) is -0.140. The molecule has 0 spiro atoms. The largest absolute Gasteiger partial charge is 0.480 e. The summed E-state index contributed by atoms with van der Waals surface area (Å²) in [4.78, 5) is 27.8. The lowest BCUT2D eigenvalue weighted by molar-refractivity contribution is -0.140. The van der Waals surface area contributed by atoms with Gasteiger partial charge in [-0.15, -0.1) is 0 Å². The van der Waals surface area contributed by atoms with Gasteiger partial charge >= 0.3 is 11.9 Å². The van der Waals surface area contributed by atoms with E-state index in [1.807, 2.05) is 9.80 Å². The van der Waals surface area contributed by atoms with E-state index in [9.17, 15) is 9.59 Å². The lowest BCUT2D eigenvalue weighted by Gasteiger charge is -2.24. The Hall–Kier alpha value is -0.700. The maximum Gasteiger partial charge on any atom is 0.317 e. The standard InChI is InChI=1S/C13H24BrN3O4/c14-2-1-3-15-4-6-16(10-12(18)19)8-9-17(7-5-15)11-13(20)21/h1-11H2,(H,18,19)(H,20,21). The number of carboxylic acid groups (broad SMARTS) is 2. The van der Waals surface area contributed by atoms with Crippen LogP contribution in [0.5, 0.6) is 0 Å². The lowest BCUT2D eigenvalue weighted by atomic mass is 10.3. The average Bonchev–Trinajstić information content (AvgIpc) is 2.48. The third-order valence-corrected chi connectivity index (χ3v) is 4.08. The van der Waals surface area contributed by atoms with Crippen molar-refractivity contribution in [2.24, 2.45) is 0 Å². The molecule has 21 heavy (non-hydrogen) atoms. The topological polar surface area (TPSA) is 84.3 Å². The third-order valence-electron chi connectivity index (χ3n) is 3.52. The Morgan fingerprint density at radius 1 is 0.810 bits per heavy atom. The fourth-order valence-corrected chi connectivity index (χ4v) is 2.64. The molecule has 2 N–H and O–H groups in total. The Balaban J connectivity index is 2.62. The molecule has 0 aromatic heterocycles. The monoisotopic (exact) mass is 365 g/mol. The molecule has 1 fully saturated rings. The van der Waals surface area contributed by atoms with Crippen LogP contribution in [0.3, 0.4) is 0 Å². The molecular weight excluding hydrogens is 342 g/mol. The molecule has 8 heteroatoms. The molecule has 1 saturated heterocycles. The second-order valence-corrected chi connectivity index (χ2v) is 6.02. The highest BCUT2D eigenvalue weighted by Gasteiger charge is 2.18. The number of carbonyl (C=O) groups is 2. The van der Waals surface area contributed by atoms with Gasteiger partial charge in [0.2, 0.25) is 0 Å². The van der Waals surface area contributed by atoms with E-state index in [-0.39, 0.29) is 13.1 Å². The van der Waals surface area contributed by atoms with Crippen molar-refractivity contribution in [3.05, 3.63) is 0 Å². The van der Waals surface area contributed by atoms with Gasteiger partial charge in [-0.25, -0.2) is 0 Å². The Kier molecular flexibility index (Phi) is 8.82. The van der Waals surface area contributed by atoms with Gasteiger partial charge in [-0.2, -0.15) is 0 Å². The minimum absolute atomic E-state index is 0.00714. The molecule has 1 aliphatic heterocycles. The number of carboxylic acids is 2. The van der Waals surface area contributed by atoms with E-state index in [4.69, 9.17) is 10.2 Å². The smallest absolute Gasteiger partial charge is 0.317 e. The molecule has 1 heterocycles. The number of hydrogen-bond donors (Lipinski definition) is 2. The van der Waals surface area contributed by atoms with E-state index in [1.165, 1.54) is 0 Å². The number of aliphatic carboxylic acids is 2. The van der Waals surface area contributed by atoms with Gasteiger partial charge in [-0.3, -0.25) is 19.4 Å². The van der Waals surface area contributed by atoms with Crippen molar-refractivity contribution in [3.8, 4) is 0 Å². The summed E-state index contributed by atoms with van der Waals surface area (Å²) in [5.74, 6) is -1.68. The quantitative estimate of drug-likeness (QED) is 0.607. The number of alkyl halides is 1. The number of nitrogens with zero attached hydrogens (tertiary/aromatic N) is 3. The zero-order valence-corrected chi connectivity index (χ0v) is 13.8. The third kappa shape index (κ3) is 8.35. The first-order valence-electron chi connectivity index (χ1n) is 7.18. The van der Waals surface area contributed by atoms with E-state index in [1.54, 1.807) is 0 Å². The SMILES string of the molecule is O=C(O)CN1CCN(CCCBr)CCN(CC(=O)O)CC1. The van der Waals surface area contributed by atoms with E-state index in [0.717, 1.165) is 31.4 Å². The zero-order chi connectivity index (χ0) is 15.7. The number of halogens is 1. The van der Waals surface area contributed by atoms with E-state index >= 15 is 0 Å². The van der Waals surface area contributed by atoms with Crippen LogP contribution < -0.4 is 0 Å². The molecule has 0 radical (unpaired) electrons. The van der Waals surface area contributed by atoms with Gasteiger partial charge in [0.05, 0.1) is 13.1 Å². The van der Waals surface area contributed by atoms with Crippen molar-refractivity contribution >= 4 is 27.9 Å². The summed E-state index contributed by atoms with van der Waals surface area (Å²) < 4.78 is 0. The number of rotatable bonds is 7. The minimum atomic E-state index is -0.842. The molecule has 0 aliphatic carbocycles. The van der Waals surface area contributed by atoms with Gasteiger partial charge in [0, 0.05) is 44.6 Å². The Labute approximate surface area is 133 Å². The van der Waals surface area contributed by atoms with Gasteiger partial charge in [0.1, 0.15) is 0 Å². The van der Waals surface area contributed by atoms with Crippen molar-refractivity contribution < 1.29 is 19.8 Å². The van der Waals surface area contributed by atoms with Gasteiger partial charge in [0.25, 0.3) is 0 Å². The van der Waals surface area contributed by atoms with Crippen molar-refractivity contribution in [2.45, 2.75) is 6.42 Å². The summed E-state index contributed by atoms with van der Waals surface area (Å²) in [7, 11) is 0. The molecule has 1 aliphatic rings. The number of hydrogen-bond acceptors (Lipinski definition) is 5. The van der Waals surface area contributed by atoms with Crippen molar-refractivity contribution in [2.75, 3.05) is 64.2 Å². The zero-order valence-electron chi connectivity index (χ0n) is 12.2. The molecule has 0 bridgehead atoms. The van der Waals surface area contributed by atoms with Crippen LogP contribution in [-0.2, 0) is 9.59 Å². The van der Waals surface area contributed by atoms with Gasteiger partial charge in [-0.05, 0) is 13.0 Å². The van der Waals surface area contributed by atoms with Gasteiger partial charge in [-0.1, -0.05) is 15.9 Å². The van der Waals surface area contributed by atoms with Crippen molar-refractivity contribution in [1.29, 1.82) is 0 Å². The maximum atomic E-state index is 10.9. The first-order chi connectivity index (χ1) is 10.0. The summed E-state index contributed by atoms with van der Waals surface area (Å²) in [6, 6.07) is 0. The Bertz CT molecular complexity index is 315. The van der Waals surface area contributed by atoms with Crippen LogP contribution in [0.1, 0.15) is 6.42 Å². The second-order valence-electron chi connectivity index (χ2n) is 5.22. The first-order valence-corrected chi connectivity index (χ1v) is 8.30. The van der Waals surface area contributed by atoms with Crippen LogP contribution >= 0.6 is 15.9 Å². The van der Waals surface area contributed by atoms with Crippen LogP contribution in [0, 0.1) is 0 Å². The fourth-order valence-electron chi connectivity index (χ4n) is 2.39. The molecule has 0 unspecified atom stereocenters. The van der Waals surface area contributed by atoms with E-state index in [0.29, 0.717) is 26.2 Å². The average molecular weight is 366 g/mol. The van der Waals surface area contributed by atoms with Crippen LogP contribution in [0.2, 0.25) is 0 Å². The van der Waals surface area contributed by atoms with Gasteiger partial charge in [0.15, 0.2) is 0 Å². The van der Waals surface area contributed by atoms with Crippen LogP contribution in [0.4, 0.5) is 0 Å². The van der Waals surface area contributed by atoms with E-state index < -0.39 is 11.9 Å². The summed E-state index contributed by atoms with van der Waals surface area (Å²) in [5, 5.41) is 18.8. The maximum absolute atomic E-state index is 10.9. The molecule has 0 atom stereocenters.